The van der Waals surface area contributed by atoms with E-state index in [1.807, 2.05) is 30.3 Å². The van der Waals surface area contributed by atoms with Crippen LogP contribution in [0.3, 0.4) is 0 Å². The Morgan fingerprint density at radius 2 is 1.71 bits per heavy atom. The number of phenolic OH excluding ortho intramolecular Hbond substituents is 1. The van der Waals surface area contributed by atoms with Gasteiger partial charge in [0.05, 0.1) is 18.2 Å². The maximum absolute atomic E-state index is 12.3. The van der Waals surface area contributed by atoms with Gasteiger partial charge in [0, 0.05) is 0 Å². The number of rotatable bonds is 7. The van der Waals surface area contributed by atoms with Crippen LogP contribution in [0.5, 0.6) is 5.75 Å². The summed E-state index contributed by atoms with van der Waals surface area (Å²) in [6, 6.07) is 14.5. The Hall–Kier alpha value is -2.18. The van der Waals surface area contributed by atoms with Crippen LogP contribution in [-0.2, 0) is 15.5 Å². The number of phosphoric acid groups is 1. The highest BCUT2D eigenvalue weighted by atomic mass is 31.2. The molecule has 4 N–H and O–H groups in total. The van der Waals surface area contributed by atoms with Gasteiger partial charge in [0.25, 0.3) is 5.91 Å². The Balaban J connectivity index is 2.11. The highest BCUT2D eigenvalue weighted by molar-refractivity contribution is 7.46. The Kier molecular flexibility index (Phi) is 6.11. The largest absolute Gasteiger partial charge is 0.507 e. The molecule has 2 rings (SSSR count). The molecule has 1 amide bonds. The first-order valence-electron chi connectivity index (χ1n) is 7.18. The number of benzene rings is 2. The average molecular weight is 351 g/mol. The molecule has 0 aliphatic heterocycles. The molecule has 0 radical (unpaired) electrons. The number of carbonyl (C=O) groups is 1. The molecule has 1 atom stereocenters. The van der Waals surface area contributed by atoms with Crippen molar-refractivity contribution in [2.24, 2.45) is 0 Å². The van der Waals surface area contributed by atoms with Gasteiger partial charge in [-0.05, 0) is 24.1 Å². The summed E-state index contributed by atoms with van der Waals surface area (Å²) in [5.41, 5.74) is 0.945. The van der Waals surface area contributed by atoms with Crippen LogP contribution in [0.1, 0.15) is 15.9 Å². The number of aromatic hydroxyl groups is 1. The van der Waals surface area contributed by atoms with Crippen molar-refractivity contribution in [3.63, 3.8) is 0 Å². The molecule has 1 unspecified atom stereocenters. The summed E-state index contributed by atoms with van der Waals surface area (Å²) in [5.74, 6) is -0.729. The zero-order valence-corrected chi connectivity index (χ0v) is 13.6. The predicted molar refractivity (Wildman–Crippen MR) is 87.5 cm³/mol. The minimum atomic E-state index is -4.65. The third-order valence-electron chi connectivity index (χ3n) is 3.25. The van der Waals surface area contributed by atoms with E-state index in [0.29, 0.717) is 6.42 Å². The summed E-state index contributed by atoms with van der Waals surface area (Å²) in [4.78, 5) is 30.0. The van der Waals surface area contributed by atoms with Crippen LogP contribution in [-0.4, -0.2) is 33.4 Å². The fraction of sp³-hybridized carbons (Fsp3) is 0.188. The van der Waals surface area contributed by atoms with Gasteiger partial charge in [-0.25, -0.2) is 4.57 Å². The second-order valence-corrected chi connectivity index (χ2v) is 6.40. The van der Waals surface area contributed by atoms with Crippen molar-refractivity contribution in [1.29, 1.82) is 0 Å². The SMILES string of the molecule is O=C(NC(COP(=O)(O)O)Cc1ccccc1)c1ccccc1O. The van der Waals surface area contributed by atoms with Crippen molar-refractivity contribution < 1.29 is 28.8 Å². The number of carbonyl (C=O) groups excluding carboxylic acids is 1. The van der Waals surface area contributed by atoms with Gasteiger partial charge < -0.3 is 20.2 Å². The monoisotopic (exact) mass is 351 g/mol. The molecule has 7 nitrogen and oxygen atoms in total. The lowest BCUT2D eigenvalue weighted by Gasteiger charge is -2.19. The standard InChI is InChI=1S/C16H18NO6P/c18-15-9-5-4-8-14(15)16(19)17-13(11-23-24(20,21)22)10-12-6-2-1-3-7-12/h1-9,13,18H,10-11H2,(H,17,19)(H2,20,21,22). The lowest BCUT2D eigenvalue weighted by Crippen LogP contribution is -2.39. The number of para-hydroxylation sites is 1. The minimum absolute atomic E-state index is 0.0757. The molecule has 0 aromatic heterocycles. The number of phenols is 1. The summed E-state index contributed by atoms with van der Waals surface area (Å²) in [6.07, 6.45) is 0.320. The van der Waals surface area contributed by atoms with E-state index in [0.717, 1.165) is 5.56 Å². The van der Waals surface area contributed by atoms with Gasteiger partial charge >= 0.3 is 7.82 Å². The summed E-state index contributed by atoms with van der Waals surface area (Å²) in [7, 11) is -4.65. The molecule has 2 aromatic carbocycles. The van der Waals surface area contributed by atoms with Crippen molar-refractivity contribution in [2.45, 2.75) is 12.5 Å². The van der Waals surface area contributed by atoms with Crippen molar-refractivity contribution in [2.75, 3.05) is 6.61 Å². The Morgan fingerprint density at radius 1 is 1.08 bits per heavy atom. The zero-order valence-electron chi connectivity index (χ0n) is 12.7. The van der Waals surface area contributed by atoms with Gasteiger partial charge in [-0.2, -0.15) is 0 Å². The molecule has 0 heterocycles. The Bertz CT molecular complexity index is 730. The molecule has 2 aromatic rings. The van der Waals surface area contributed by atoms with Gasteiger partial charge in [-0.1, -0.05) is 42.5 Å². The molecule has 0 aliphatic carbocycles. The number of nitrogens with one attached hydrogen (secondary N) is 1. The molecule has 24 heavy (non-hydrogen) atoms. The van der Waals surface area contributed by atoms with Crippen molar-refractivity contribution >= 4 is 13.7 Å². The maximum Gasteiger partial charge on any atom is 0.469 e. The highest BCUT2D eigenvalue weighted by Crippen LogP contribution is 2.35. The van der Waals surface area contributed by atoms with E-state index in [-0.39, 0.29) is 17.9 Å². The summed E-state index contributed by atoms with van der Waals surface area (Å²) in [5, 5.41) is 12.4. The number of amides is 1. The first kappa shape index (κ1) is 18.2. The molecular formula is C16H18NO6P. The average Bonchev–Trinajstić information content (AvgIpc) is 2.53. The van der Waals surface area contributed by atoms with E-state index in [9.17, 15) is 14.5 Å². The molecule has 0 saturated carbocycles. The summed E-state index contributed by atoms with van der Waals surface area (Å²) < 4.78 is 15.4. The van der Waals surface area contributed by atoms with Crippen LogP contribution < -0.4 is 5.32 Å². The van der Waals surface area contributed by atoms with E-state index in [1.54, 1.807) is 12.1 Å². The van der Waals surface area contributed by atoms with Crippen LogP contribution in [0.2, 0.25) is 0 Å². The summed E-state index contributed by atoms with van der Waals surface area (Å²) in [6.45, 7) is -0.363. The molecule has 0 spiro atoms. The van der Waals surface area contributed by atoms with Crippen LogP contribution in [0.4, 0.5) is 0 Å². The van der Waals surface area contributed by atoms with Crippen LogP contribution in [0.25, 0.3) is 0 Å². The first-order valence-corrected chi connectivity index (χ1v) is 8.71. The number of hydrogen-bond donors (Lipinski definition) is 4. The highest BCUT2D eigenvalue weighted by Gasteiger charge is 2.21. The number of hydrogen-bond acceptors (Lipinski definition) is 4. The van der Waals surface area contributed by atoms with E-state index >= 15 is 0 Å². The lowest BCUT2D eigenvalue weighted by atomic mass is 10.1. The number of phosphoric ester groups is 1. The van der Waals surface area contributed by atoms with Crippen molar-refractivity contribution in [1.82, 2.24) is 5.32 Å². The lowest BCUT2D eigenvalue weighted by molar-refractivity contribution is 0.0906. The van der Waals surface area contributed by atoms with Crippen LogP contribution in [0, 0.1) is 0 Å². The predicted octanol–water partition coefficient (Wildman–Crippen LogP) is 1.84. The van der Waals surface area contributed by atoms with E-state index in [2.05, 4.69) is 9.84 Å². The van der Waals surface area contributed by atoms with Gasteiger partial charge in [0.2, 0.25) is 0 Å². The summed E-state index contributed by atoms with van der Waals surface area (Å²) >= 11 is 0. The van der Waals surface area contributed by atoms with Crippen LogP contribution >= 0.6 is 7.82 Å². The Morgan fingerprint density at radius 3 is 2.33 bits per heavy atom. The van der Waals surface area contributed by atoms with Gasteiger partial charge in [0.15, 0.2) is 0 Å². The molecule has 8 heteroatoms. The first-order chi connectivity index (χ1) is 11.3. The second kappa shape index (κ2) is 8.08. The zero-order chi connectivity index (χ0) is 17.6. The molecule has 0 saturated heterocycles. The van der Waals surface area contributed by atoms with E-state index in [1.165, 1.54) is 12.1 Å². The fourth-order valence-corrected chi connectivity index (χ4v) is 2.54. The molecular weight excluding hydrogens is 333 g/mol. The normalized spacial score (nSPS) is 12.6. The quantitative estimate of drug-likeness (QED) is 0.566. The molecule has 0 fully saturated rings. The van der Waals surface area contributed by atoms with Crippen LogP contribution in [0.15, 0.2) is 54.6 Å². The van der Waals surface area contributed by atoms with Gasteiger partial charge in [-0.3, -0.25) is 9.32 Å². The Labute approximate surface area is 139 Å². The molecule has 0 aliphatic rings. The third kappa shape index (κ3) is 5.79. The van der Waals surface area contributed by atoms with Crippen molar-refractivity contribution in [3.8, 4) is 5.75 Å². The second-order valence-electron chi connectivity index (χ2n) is 5.16. The fourth-order valence-electron chi connectivity index (χ4n) is 2.17. The smallest absolute Gasteiger partial charge is 0.469 e. The van der Waals surface area contributed by atoms with Gasteiger partial charge in [0.1, 0.15) is 5.75 Å². The van der Waals surface area contributed by atoms with Gasteiger partial charge in [-0.15, -0.1) is 0 Å². The topological polar surface area (TPSA) is 116 Å². The van der Waals surface area contributed by atoms with Crippen molar-refractivity contribution in [3.05, 3.63) is 65.7 Å². The van der Waals surface area contributed by atoms with E-state index in [4.69, 9.17) is 9.79 Å². The van der Waals surface area contributed by atoms with E-state index < -0.39 is 19.8 Å². The molecule has 0 bridgehead atoms. The third-order valence-corrected chi connectivity index (χ3v) is 3.74. The minimum Gasteiger partial charge on any atom is -0.507 e. The molecule has 128 valence electrons. The maximum atomic E-state index is 12.3.